The number of hydrogen-bond acceptors (Lipinski definition) is 8. The van der Waals surface area contributed by atoms with Gasteiger partial charge >= 0.3 is 0 Å². The van der Waals surface area contributed by atoms with Crippen molar-refractivity contribution >= 4 is 0 Å². The number of nitrogens with one attached hydrogen (secondary N) is 2. The van der Waals surface area contributed by atoms with E-state index in [0.29, 0.717) is 0 Å². The van der Waals surface area contributed by atoms with Gasteiger partial charge in [-0.25, -0.2) is 0 Å². The Morgan fingerprint density at radius 1 is 0.773 bits per heavy atom. The molecule has 1 fully saturated rings. The van der Waals surface area contributed by atoms with Crippen LogP contribution in [-0.2, 0) is 31.8 Å². The fourth-order valence-electron chi connectivity index (χ4n) is 5.72. The molecule has 3 heterocycles. The zero-order valence-electron chi connectivity index (χ0n) is 25.9. The monoisotopic (exact) mass is 594 g/mol. The van der Waals surface area contributed by atoms with Gasteiger partial charge in [0.05, 0.1) is 24.1 Å². The molecule has 44 heavy (non-hydrogen) atoms. The van der Waals surface area contributed by atoms with Gasteiger partial charge in [0.1, 0.15) is 5.75 Å². The van der Waals surface area contributed by atoms with Crippen LogP contribution in [0.4, 0.5) is 0 Å². The van der Waals surface area contributed by atoms with E-state index in [1.54, 1.807) is 7.11 Å². The molecule has 5 rings (SSSR count). The first kappa shape index (κ1) is 31.8. The van der Waals surface area contributed by atoms with E-state index >= 15 is 0 Å². The molecule has 3 N–H and O–H groups in total. The van der Waals surface area contributed by atoms with Crippen LogP contribution in [0.2, 0.25) is 0 Å². The average Bonchev–Trinajstić information content (AvgIpc) is 3.08. The van der Waals surface area contributed by atoms with Crippen LogP contribution in [0.1, 0.15) is 40.9 Å². The van der Waals surface area contributed by atoms with Crippen molar-refractivity contribution in [3.05, 3.63) is 125 Å². The number of benzene rings is 2. The molecular formula is C36H46N6O2. The van der Waals surface area contributed by atoms with E-state index in [1.165, 1.54) is 11.1 Å². The molecule has 0 radical (unpaired) electrons. The highest BCUT2D eigenvalue weighted by atomic mass is 16.5. The third kappa shape index (κ3) is 9.67. The third-order valence-corrected chi connectivity index (χ3v) is 8.42. The summed E-state index contributed by atoms with van der Waals surface area (Å²) in [6.45, 7) is 8.77. The average molecular weight is 595 g/mol. The van der Waals surface area contributed by atoms with Crippen molar-refractivity contribution in [2.24, 2.45) is 0 Å². The number of hydrogen-bond donors (Lipinski definition) is 3. The smallest absolute Gasteiger partial charge is 0.118 e. The lowest BCUT2D eigenvalue weighted by Gasteiger charge is -2.38. The van der Waals surface area contributed by atoms with Crippen LogP contribution in [0.25, 0.3) is 0 Å². The molecule has 2 aromatic heterocycles. The van der Waals surface area contributed by atoms with E-state index in [9.17, 15) is 5.11 Å². The van der Waals surface area contributed by atoms with Crippen molar-refractivity contribution < 1.29 is 9.84 Å². The Morgan fingerprint density at radius 3 is 1.86 bits per heavy atom. The van der Waals surface area contributed by atoms with Gasteiger partial charge in [0.25, 0.3) is 0 Å². The second-order valence-corrected chi connectivity index (χ2v) is 11.6. The summed E-state index contributed by atoms with van der Waals surface area (Å²) in [5.74, 6) is 0.816. The largest absolute Gasteiger partial charge is 0.497 e. The summed E-state index contributed by atoms with van der Waals surface area (Å²) in [5, 5.41) is 18.4. The Balaban J connectivity index is 1.09. The van der Waals surface area contributed by atoms with Gasteiger partial charge in [-0.05, 0) is 65.9 Å². The summed E-state index contributed by atoms with van der Waals surface area (Å²) in [6, 6.07) is 29.0. The molecule has 1 aliphatic heterocycles. The molecule has 0 bridgehead atoms. The molecule has 4 aromatic rings. The van der Waals surface area contributed by atoms with Gasteiger partial charge in [0, 0.05) is 77.8 Å². The molecule has 0 amide bonds. The van der Waals surface area contributed by atoms with Crippen LogP contribution < -0.4 is 15.4 Å². The highest BCUT2D eigenvalue weighted by Crippen LogP contribution is 2.34. The lowest BCUT2D eigenvalue weighted by atomic mass is 9.84. The molecule has 1 saturated heterocycles. The Hall–Kier alpha value is -3.66. The Labute approximate surface area is 262 Å². The molecule has 1 aliphatic rings. The fourth-order valence-corrected chi connectivity index (χ4v) is 5.72. The van der Waals surface area contributed by atoms with E-state index in [0.717, 1.165) is 101 Å². The fraction of sp³-hybridized carbons (Fsp3) is 0.389. The molecule has 0 atom stereocenters. The quantitative estimate of drug-likeness (QED) is 0.165. The normalized spacial score (nSPS) is 15.0. The zero-order chi connectivity index (χ0) is 30.5. The Bertz CT molecular complexity index is 1310. The zero-order valence-corrected chi connectivity index (χ0v) is 25.9. The van der Waals surface area contributed by atoms with Crippen molar-refractivity contribution in [2.45, 2.75) is 44.6 Å². The number of aromatic nitrogens is 2. The predicted octanol–water partition coefficient (Wildman–Crippen LogP) is 4.35. The maximum Gasteiger partial charge on any atom is 0.118 e. The summed E-state index contributed by atoms with van der Waals surface area (Å²) >= 11 is 0. The molecule has 0 spiro atoms. The third-order valence-electron chi connectivity index (χ3n) is 8.42. The molecule has 0 saturated carbocycles. The summed E-state index contributed by atoms with van der Waals surface area (Å²) < 4.78 is 5.27. The first-order valence-electron chi connectivity index (χ1n) is 15.7. The molecule has 0 aliphatic carbocycles. The van der Waals surface area contributed by atoms with Crippen molar-refractivity contribution in [1.29, 1.82) is 0 Å². The molecule has 8 heteroatoms. The molecular weight excluding hydrogens is 548 g/mol. The van der Waals surface area contributed by atoms with Crippen LogP contribution in [0.5, 0.6) is 5.75 Å². The van der Waals surface area contributed by atoms with Crippen molar-refractivity contribution in [1.82, 2.24) is 30.4 Å². The van der Waals surface area contributed by atoms with Gasteiger partial charge < -0.3 is 20.5 Å². The Kier molecular flexibility index (Phi) is 11.9. The number of rotatable bonds is 16. The van der Waals surface area contributed by atoms with Gasteiger partial charge in [-0.1, -0.05) is 48.5 Å². The first-order chi connectivity index (χ1) is 21.6. The second kappa shape index (κ2) is 16.4. The number of ether oxygens (including phenoxy) is 1. The van der Waals surface area contributed by atoms with E-state index in [-0.39, 0.29) is 0 Å². The lowest BCUT2D eigenvalue weighted by Crippen LogP contribution is -2.42. The first-order valence-corrected chi connectivity index (χ1v) is 15.7. The minimum Gasteiger partial charge on any atom is -0.497 e. The van der Waals surface area contributed by atoms with Crippen LogP contribution in [0.15, 0.2) is 97.3 Å². The van der Waals surface area contributed by atoms with Crippen LogP contribution >= 0.6 is 0 Å². The Morgan fingerprint density at radius 2 is 1.34 bits per heavy atom. The molecule has 0 unspecified atom stereocenters. The molecule has 232 valence electrons. The minimum absolute atomic E-state index is 0.731. The maximum absolute atomic E-state index is 11.3. The van der Waals surface area contributed by atoms with Gasteiger partial charge in [-0.2, -0.15) is 0 Å². The van der Waals surface area contributed by atoms with Crippen molar-refractivity contribution in [3.8, 4) is 5.75 Å². The number of pyridine rings is 2. The van der Waals surface area contributed by atoms with Crippen molar-refractivity contribution in [3.63, 3.8) is 0 Å². The summed E-state index contributed by atoms with van der Waals surface area (Å²) in [4.78, 5) is 13.8. The summed E-state index contributed by atoms with van der Waals surface area (Å²) in [5.41, 5.74) is 4.96. The van der Waals surface area contributed by atoms with Crippen LogP contribution in [0, 0.1) is 0 Å². The minimum atomic E-state index is -0.769. The second-order valence-electron chi connectivity index (χ2n) is 11.6. The SMILES string of the molecule is COc1ccc(C2(O)CCN(Cc3ccc(CN(CCNCc4ccccn4)CCNCc4ccccn4)cc3)CC2)cc1. The van der Waals surface area contributed by atoms with E-state index in [4.69, 9.17) is 4.74 Å². The highest BCUT2D eigenvalue weighted by Gasteiger charge is 2.33. The molecule has 8 nitrogen and oxygen atoms in total. The number of methoxy groups -OCH3 is 1. The number of aliphatic hydroxyl groups is 1. The number of nitrogens with zero attached hydrogens (tertiary/aromatic N) is 4. The van der Waals surface area contributed by atoms with Crippen LogP contribution in [-0.4, -0.2) is 71.3 Å². The predicted molar refractivity (Wildman–Crippen MR) is 175 cm³/mol. The van der Waals surface area contributed by atoms with Gasteiger partial charge in [0.2, 0.25) is 0 Å². The van der Waals surface area contributed by atoms with E-state index in [2.05, 4.69) is 66.8 Å². The van der Waals surface area contributed by atoms with Crippen molar-refractivity contribution in [2.75, 3.05) is 46.4 Å². The van der Waals surface area contributed by atoms with E-state index < -0.39 is 5.60 Å². The molecule has 2 aromatic carbocycles. The number of likely N-dealkylation sites (tertiary alicyclic amines) is 1. The number of piperidine rings is 1. The highest BCUT2D eigenvalue weighted by molar-refractivity contribution is 5.31. The van der Waals surface area contributed by atoms with Crippen LogP contribution in [0.3, 0.4) is 0 Å². The maximum atomic E-state index is 11.3. The van der Waals surface area contributed by atoms with Gasteiger partial charge in [-0.3, -0.25) is 19.8 Å². The standard InChI is InChI=1S/C36H46N6O2/c1-44-35-14-12-32(13-15-35)36(43)16-22-41(23-17-36)28-30-8-10-31(11-9-30)29-42(24-20-37-26-33-6-2-4-18-39-33)25-21-38-27-34-7-3-5-19-40-34/h2-15,18-19,37-38,43H,16-17,20-29H2,1H3. The topological polar surface area (TPSA) is 85.8 Å². The lowest BCUT2D eigenvalue weighted by molar-refractivity contribution is -0.0277. The van der Waals surface area contributed by atoms with Gasteiger partial charge in [-0.15, -0.1) is 0 Å². The summed E-state index contributed by atoms with van der Waals surface area (Å²) in [6.07, 6.45) is 5.14. The van der Waals surface area contributed by atoms with E-state index in [1.807, 2.05) is 60.9 Å². The van der Waals surface area contributed by atoms with Gasteiger partial charge in [0.15, 0.2) is 0 Å². The summed E-state index contributed by atoms with van der Waals surface area (Å²) in [7, 11) is 1.67.